The SMILES string of the molecule is NC1(Cc2cc(F)ccc2Br)CCOCC1. The highest BCUT2D eigenvalue weighted by molar-refractivity contribution is 9.10. The van der Waals surface area contributed by atoms with Gasteiger partial charge in [-0.2, -0.15) is 0 Å². The van der Waals surface area contributed by atoms with Crippen LogP contribution < -0.4 is 5.73 Å². The first-order chi connectivity index (χ1) is 7.59. The summed E-state index contributed by atoms with van der Waals surface area (Å²) in [5.74, 6) is -0.214. The Hall–Kier alpha value is -0.450. The number of benzene rings is 1. The Bertz CT molecular complexity index is 377. The topological polar surface area (TPSA) is 35.2 Å². The van der Waals surface area contributed by atoms with Crippen LogP contribution in [0.25, 0.3) is 0 Å². The molecule has 0 bridgehead atoms. The van der Waals surface area contributed by atoms with Crippen LogP contribution >= 0.6 is 15.9 Å². The molecule has 88 valence electrons. The fraction of sp³-hybridized carbons (Fsp3) is 0.500. The highest BCUT2D eigenvalue weighted by Gasteiger charge is 2.28. The minimum atomic E-state index is -0.255. The van der Waals surface area contributed by atoms with Crippen molar-refractivity contribution >= 4 is 15.9 Å². The molecule has 2 rings (SSSR count). The molecule has 1 saturated heterocycles. The second-order valence-corrected chi connectivity index (χ2v) is 5.24. The molecule has 1 fully saturated rings. The largest absolute Gasteiger partial charge is 0.381 e. The van der Waals surface area contributed by atoms with Crippen molar-refractivity contribution in [1.82, 2.24) is 0 Å². The predicted octanol–water partition coefficient (Wildman–Crippen LogP) is 2.64. The quantitative estimate of drug-likeness (QED) is 0.908. The second kappa shape index (κ2) is 4.82. The van der Waals surface area contributed by atoms with E-state index in [1.54, 1.807) is 12.1 Å². The standard InChI is InChI=1S/C12H15BrFNO/c13-11-2-1-10(14)7-9(11)8-12(15)3-5-16-6-4-12/h1-2,7H,3-6,8,15H2. The molecule has 0 spiro atoms. The lowest BCUT2D eigenvalue weighted by Gasteiger charge is -2.33. The lowest BCUT2D eigenvalue weighted by molar-refractivity contribution is 0.0533. The normalized spacial score (nSPS) is 19.7. The molecule has 1 aliphatic heterocycles. The van der Waals surface area contributed by atoms with Crippen LogP contribution in [0.3, 0.4) is 0 Å². The number of rotatable bonds is 2. The first kappa shape index (κ1) is 12.0. The molecule has 1 aromatic rings. The summed E-state index contributed by atoms with van der Waals surface area (Å²) in [6.07, 6.45) is 2.35. The molecule has 0 aliphatic carbocycles. The molecule has 0 unspecified atom stereocenters. The summed E-state index contributed by atoms with van der Waals surface area (Å²) in [5, 5.41) is 0. The zero-order valence-corrected chi connectivity index (χ0v) is 10.6. The molecule has 0 saturated carbocycles. The number of halogens is 2. The van der Waals surface area contributed by atoms with E-state index in [-0.39, 0.29) is 11.4 Å². The molecule has 0 atom stereocenters. The van der Waals surface area contributed by atoms with Crippen LogP contribution in [0.1, 0.15) is 18.4 Å². The van der Waals surface area contributed by atoms with Crippen molar-refractivity contribution in [2.75, 3.05) is 13.2 Å². The smallest absolute Gasteiger partial charge is 0.123 e. The summed E-state index contributed by atoms with van der Waals surface area (Å²) < 4.78 is 19.4. The minimum Gasteiger partial charge on any atom is -0.381 e. The highest BCUT2D eigenvalue weighted by atomic mass is 79.9. The van der Waals surface area contributed by atoms with Crippen LogP contribution in [0.5, 0.6) is 0 Å². The Morgan fingerprint density at radius 1 is 1.38 bits per heavy atom. The van der Waals surface area contributed by atoms with Crippen LogP contribution in [0.15, 0.2) is 22.7 Å². The van der Waals surface area contributed by atoms with Gasteiger partial charge in [-0.1, -0.05) is 15.9 Å². The average Bonchev–Trinajstić information content (AvgIpc) is 2.24. The van der Waals surface area contributed by atoms with Gasteiger partial charge in [-0.3, -0.25) is 0 Å². The van der Waals surface area contributed by atoms with E-state index in [1.807, 2.05) is 0 Å². The molecule has 1 heterocycles. The lowest BCUT2D eigenvalue weighted by atomic mass is 9.85. The van der Waals surface area contributed by atoms with Crippen molar-refractivity contribution in [2.45, 2.75) is 24.8 Å². The molecule has 1 aromatic carbocycles. The van der Waals surface area contributed by atoms with Crippen molar-refractivity contribution in [1.29, 1.82) is 0 Å². The van der Waals surface area contributed by atoms with Crippen LogP contribution in [0.4, 0.5) is 4.39 Å². The van der Waals surface area contributed by atoms with Crippen molar-refractivity contribution in [3.05, 3.63) is 34.1 Å². The van der Waals surface area contributed by atoms with Crippen LogP contribution in [0.2, 0.25) is 0 Å². The maximum absolute atomic E-state index is 13.1. The summed E-state index contributed by atoms with van der Waals surface area (Å²) in [7, 11) is 0. The Kier molecular flexibility index (Phi) is 3.62. The fourth-order valence-corrected chi connectivity index (χ4v) is 2.40. The zero-order valence-electron chi connectivity index (χ0n) is 9.01. The third-order valence-electron chi connectivity index (χ3n) is 3.04. The van der Waals surface area contributed by atoms with E-state index in [2.05, 4.69) is 15.9 Å². The molecular weight excluding hydrogens is 273 g/mol. The Balaban J connectivity index is 2.15. The van der Waals surface area contributed by atoms with E-state index in [9.17, 15) is 4.39 Å². The van der Waals surface area contributed by atoms with E-state index >= 15 is 0 Å². The van der Waals surface area contributed by atoms with Gasteiger partial charge in [0.1, 0.15) is 5.82 Å². The van der Waals surface area contributed by atoms with Crippen LogP contribution in [-0.4, -0.2) is 18.8 Å². The van der Waals surface area contributed by atoms with Crippen molar-refractivity contribution in [2.24, 2.45) is 5.73 Å². The summed E-state index contributed by atoms with van der Waals surface area (Å²) in [5.41, 5.74) is 6.97. The number of hydrogen-bond donors (Lipinski definition) is 1. The van der Waals surface area contributed by atoms with Gasteiger partial charge in [0.15, 0.2) is 0 Å². The molecular formula is C12H15BrFNO. The van der Waals surface area contributed by atoms with Gasteiger partial charge in [0, 0.05) is 23.2 Å². The van der Waals surface area contributed by atoms with Gasteiger partial charge in [-0.25, -0.2) is 4.39 Å². The van der Waals surface area contributed by atoms with Crippen molar-refractivity contribution in [3.63, 3.8) is 0 Å². The van der Waals surface area contributed by atoms with Gasteiger partial charge in [-0.15, -0.1) is 0 Å². The maximum atomic E-state index is 13.1. The van der Waals surface area contributed by atoms with Gasteiger partial charge in [-0.05, 0) is 43.0 Å². The van der Waals surface area contributed by atoms with Gasteiger partial charge in [0.25, 0.3) is 0 Å². The van der Waals surface area contributed by atoms with E-state index in [0.717, 1.165) is 22.9 Å². The fourth-order valence-electron chi connectivity index (χ4n) is 2.01. The Morgan fingerprint density at radius 3 is 2.75 bits per heavy atom. The molecule has 2 N–H and O–H groups in total. The molecule has 2 nitrogen and oxygen atoms in total. The van der Waals surface area contributed by atoms with E-state index < -0.39 is 0 Å². The molecule has 1 aliphatic rings. The molecule has 16 heavy (non-hydrogen) atoms. The number of hydrogen-bond acceptors (Lipinski definition) is 2. The van der Waals surface area contributed by atoms with E-state index in [4.69, 9.17) is 10.5 Å². The molecule has 4 heteroatoms. The average molecular weight is 288 g/mol. The first-order valence-electron chi connectivity index (χ1n) is 5.40. The third kappa shape index (κ3) is 2.81. The van der Waals surface area contributed by atoms with Gasteiger partial charge < -0.3 is 10.5 Å². The third-order valence-corrected chi connectivity index (χ3v) is 3.81. The van der Waals surface area contributed by atoms with Crippen LogP contribution in [0, 0.1) is 5.82 Å². The van der Waals surface area contributed by atoms with Crippen LogP contribution in [-0.2, 0) is 11.2 Å². The first-order valence-corrected chi connectivity index (χ1v) is 6.19. The summed E-state index contributed by atoms with van der Waals surface area (Å²) in [4.78, 5) is 0. The number of nitrogens with two attached hydrogens (primary N) is 1. The van der Waals surface area contributed by atoms with Crippen molar-refractivity contribution in [3.8, 4) is 0 Å². The lowest BCUT2D eigenvalue weighted by Crippen LogP contribution is -2.47. The second-order valence-electron chi connectivity index (χ2n) is 4.39. The van der Waals surface area contributed by atoms with E-state index in [1.165, 1.54) is 6.07 Å². The molecule has 0 aromatic heterocycles. The zero-order chi connectivity index (χ0) is 11.6. The van der Waals surface area contributed by atoms with Gasteiger partial charge >= 0.3 is 0 Å². The summed E-state index contributed by atoms with van der Waals surface area (Å²) >= 11 is 3.43. The van der Waals surface area contributed by atoms with E-state index in [0.29, 0.717) is 19.6 Å². The molecule has 0 radical (unpaired) electrons. The highest BCUT2D eigenvalue weighted by Crippen LogP contribution is 2.27. The van der Waals surface area contributed by atoms with Gasteiger partial charge in [0.05, 0.1) is 0 Å². The predicted molar refractivity (Wildman–Crippen MR) is 64.8 cm³/mol. The monoisotopic (exact) mass is 287 g/mol. The number of ether oxygens (including phenoxy) is 1. The maximum Gasteiger partial charge on any atom is 0.123 e. The van der Waals surface area contributed by atoms with Gasteiger partial charge in [0.2, 0.25) is 0 Å². The Labute approximate surface area is 103 Å². The minimum absolute atomic E-state index is 0.214. The summed E-state index contributed by atoms with van der Waals surface area (Å²) in [6.45, 7) is 1.40. The summed E-state index contributed by atoms with van der Waals surface area (Å²) in [6, 6.07) is 4.72. The van der Waals surface area contributed by atoms with Crippen molar-refractivity contribution < 1.29 is 9.13 Å². The Morgan fingerprint density at radius 2 is 2.06 bits per heavy atom. The molecule has 0 amide bonds.